The van der Waals surface area contributed by atoms with E-state index in [1.165, 1.54) is 66.3 Å². The Hall–Kier alpha value is -5.86. The molecule has 49 heavy (non-hydrogen) atoms. The summed E-state index contributed by atoms with van der Waals surface area (Å²) >= 11 is 0. The van der Waals surface area contributed by atoms with E-state index < -0.39 is 0 Å². The predicted molar refractivity (Wildman–Crippen MR) is 205 cm³/mol. The van der Waals surface area contributed by atoms with Gasteiger partial charge in [-0.25, -0.2) is 0 Å². The fourth-order valence-electron chi connectivity index (χ4n) is 9.07. The minimum atomic E-state index is -0.387. The molecule has 2 aliphatic carbocycles. The first kappa shape index (κ1) is 28.2. The fourth-order valence-corrected chi connectivity index (χ4v) is 9.07. The summed E-state index contributed by atoms with van der Waals surface area (Å²) in [6.45, 7) is 6.88. The number of benzene rings is 7. The van der Waals surface area contributed by atoms with Gasteiger partial charge in [-0.15, -0.1) is 0 Å². The Kier molecular flexibility index (Phi) is 5.79. The molecule has 2 aliphatic rings. The average Bonchev–Trinajstić information content (AvgIpc) is 3.74. The Morgan fingerprint density at radius 2 is 0.898 bits per heavy atom. The quantitative estimate of drug-likeness (QED) is 0.189. The van der Waals surface area contributed by atoms with E-state index in [-0.39, 0.29) is 11.0 Å². The molecule has 10 rings (SSSR count). The molecular formula is C47H36N2. The molecule has 0 amide bonds. The average molecular weight is 629 g/mol. The van der Waals surface area contributed by atoms with Crippen LogP contribution in [0.5, 0.6) is 0 Å². The Morgan fingerprint density at radius 1 is 0.408 bits per heavy atom. The molecule has 8 aromatic rings. The highest BCUT2D eigenvalue weighted by molar-refractivity contribution is 6.10. The number of aromatic nitrogens is 1. The largest absolute Gasteiger partial charge is 0.335 e. The van der Waals surface area contributed by atoms with Crippen molar-refractivity contribution in [3.8, 4) is 22.3 Å². The second-order valence-electron chi connectivity index (χ2n) is 14.5. The lowest BCUT2D eigenvalue weighted by atomic mass is 9.70. The van der Waals surface area contributed by atoms with Crippen molar-refractivity contribution in [2.75, 3.05) is 4.90 Å². The molecule has 0 aliphatic heterocycles. The zero-order chi connectivity index (χ0) is 32.9. The topological polar surface area (TPSA) is 8.17 Å². The van der Waals surface area contributed by atoms with Crippen LogP contribution in [-0.2, 0) is 11.0 Å². The van der Waals surface area contributed by atoms with Gasteiger partial charge >= 0.3 is 0 Å². The minimum absolute atomic E-state index is 0.0564. The predicted octanol–water partition coefficient (Wildman–Crippen LogP) is 12.4. The normalized spacial score (nSPS) is 13.8. The fraction of sp³-hybridized carbons (Fsp3) is 0.106. The first-order valence-corrected chi connectivity index (χ1v) is 17.3. The maximum Gasteiger partial charge on any atom is 0.0726 e. The van der Waals surface area contributed by atoms with Crippen LogP contribution in [0.4, 0.5) is 17.1 Å². The number of rotatable bonds is 3. The summed E-state index contributed by atoms with van der Waals surface area (Å²) in [5, 5.41) is 2.55. The van der Waals surface area contributed by atoms with E-state index in [1.807, 2.05) is 0 Å². The molecule has 1 heterocycles. The van der Waals surface area contributed by atoms with Crippen molar-refractivity contribution in [3.05, 3.63) is 186 Å². The number of hydrogen-bond acceptors (Lipinski definition) is 1. The monoisotopic (exact) mass is 628 g/mol. The first-order chi connectivity index (χ1) is 24.0. The van der Waals surface area contributed by atoms with E-state index in [0.717, 1.165) is 17.1 Å². The lowest BCUT2D eigenvalue weighted by molar-refractivity contribution is 0.423. The summed E-state index contributed by atoms with van der Waals surface area (Å²) in [6, 6.07) is 60.9. The Morgan fingerprint density at radius 3 is 1.53 bits per heavy atom. The molecule has 2 heteroatoms. The van der Waals surface area contributed by atoms with Crippen molar-refractivity contribution < 1.29 is 0 Å². The molecular weight excluding hydrogens is 593 g/mol. The zero-order valence-corrected chi connectivity index (χ0v) is 28.0. The van der Waals surface area contributed by atoms with Crippen LogP contribution in [0.3, 0.4) is 0 Å². The zero-order valence-electron chi connectivity index (χ0n) is 28.0. The molecule has 0 fully saturated rings. The van der Waals surface area contributed by atoms with Gasteiger partial charge in [-0.1, -0.05) is 115 Å². The molecule has 1 aromatic heterocycles. The van der Waals surface area contributed by atoms with Gasteiger partial charge in [0, 0.05) is 44.4 Å². The van der Waals surface area contributed by atoms with Gasteiger partial charge in [0.25, 0.3) is 0 Å². The SMILES string of the molecule is CC(C)(C)n1c2ccccc2c2cc(N(c3ccccc3)c3ccc4c(c3)C3(c5ccccc5-c5ccccc53)c3ccccc3-4)ccc21. The van der Waals surface area contributed by atoms with Gasteiger partial charge in [0.05, 0.1) is 5.41 Å². The number of anilines is 3. The third-order valence-electron chi connectivity index (χ3n) is 10.8. The van der Waals surface area contributed by atoms with E-state index in [2.05, 4.69) is 194 Å². The highest BCUT2D eigenvalue weighted by atomic mass is 15.1. The van der Waals surface area contributed by atoms with E-state index in [0.29, 0.717) is 0 Å². The Labute approximate surface area is 287 Å². The summed E-state index contributed by atoms with van der Waals surface area (Å²) in [5.74, 6) is 0. The van der Waals surface area contributed by atoms with Crippen molar-refractivity contribution in [3.63, 3.8) is 0 Å². The number of para-hydroxylation sites is 2. The Bertz CT molecular complexity index is 2540. The van der Waals surface area contributed by atoms with Crippen LogP contribution < -0.4 is 4.90 Å². The molecule has 2 nitrogen and oxygen atoms in total. The minimum Gasteiger partial charge on any atom is -0.335 e. The van der Waals surface area contributed by atoms with Crippen molar-refractivity contribution in [1.29, 1.82) is 0 Å². The molecule has 0 radical (unpaired) electrons. The second kappa shape index (κ2) is 10.1. The van der Waals surface area contributed by atoms with Crippen LogP contribution in [0.2, 0.25) is 0 Å². The van der Waals surface area contributed by atoms with Crippen LogP contribution in [0.1, 0.15) is 43.0 Å². The number of nitrogens with zero attached hydrogens (tertiary/aromatic N) is 2. The van der Waals surface area contributed by atoms with Crippen LogP contribution in [0, 0.1) is 0 Å². The van der Waals surface area contributed by atoms with Gasteiger partial charge in [-0.3, -0.25) is 0 Å². The van der Waals surface area contributed by atoms with E-state index in [9.17, 15) is 0 Å². The molecule has 0 N–H and O–H groups in total. The molecule has 0 atom stereocenters. The highest BCUT2D eigenvalue weighted by Gasteiger charge is 2.51. The third kappa shape index (κ3) is 3.77. The van der Waals surface area contributed by atoms with E-state index >= 15 is 0 Å². The van der Waals surface area contributed by atoms with E-state index in [1.54, 1.807) is 0 Å². The number of fused-ring (bicyclic) bond motifs is 13. The lowest BCUT2D eigenvalue weighted by Gasteiger charge is -2.32. The maximum atomic E-state index is 2.49. The van der Waals surface area contributed by atoms with Crippen molar-refractivity contribution in [2.24, 2.45) is 0 Å². The number of hydrogen-bond donors (Lipinski definition) is 0. The van der Waals surface area contributed by atoms with Crippen LogP contribution in [0.15, 0.2) is 164 Å². The lowest BCUT2D eigenvalue weighted by Crippen LogP contribution is -2.26. The maximum absolute atomic E-state index is 2.49. The van der Waals surface area contributed by atoms with Gasteiger partial charge in [0.1, 0.15) is 0 Å². The van der Waals surface area contributed by atoms with Gasteiger partial charge in [-0.2, -0.15) is 0 Å². The molecule has 7 aromatic carbocycles. The smallest absolute Gasteiger partial charge is 0.0726 e. The molecule has 0 unspecified atom stereocenters. The van der Waals surface area contributed by atoms with Crippen molar-refractivity contribution >= 4 is 38.9 Å². The third-order valence-corrected chi connectivity index (χ3v) is 10.8. The molecule has 0 bridgehead atoms. The summed E-state index contributed by atoms with van der Waals surface area (Å²) in [7, 11) is 0. The second-order valence-corrected chi connectivity index (χ2v) is 14.5. The Balaban J connectivity index is 1.25. The van der Waals surface area contributed by atoms with Gasteiger partial charge in [-0.05, 0) is 114 Å². The first-order valence-electron chi connectivity index (χ1n) is 17.3. The molecule has 1 spiro atoms. The van der Waals surface area contributed by atoms with E-state index in [4.69, 9.17) is 0 Å². The van der Waals surface area contributed by atoms with Crippen molar-refractivity contribution in [1.82, 2.24) is 4.57 Å². The molecule has 234 valence electrons. The molecule has 0 saturated heterocycles. The van der Waals surface area contributed by atoms with Crippen LogP contribution in [0.25, 0.3) is 44.1 Å². The van der Waals surface area contributed by atoms with Gasteiger partial charge in [0.15, 0.2) is 0 Å². The van der Waals surface area contributed by atoms with Gasteiger partial charge < -0.3 is 9.47 Å². The summed E-state index contributed by atoms with van der Waals surface area (Å²) in [4.78, 5) is 2.44. The summed E-state index contributed by atoms with van der Waals surface area (Å²) < 4.78 is 2.49. The van der Waals surface area contributed by atoms with Gasteiger partial charge in [0.2, 0.25) is 0 Å². The van der Waals surface area contributed by atoms with Crippen molar-refractivity contribution in [2.45, 2.75) is 31.7 Å². The standard InChI is InChI=1S/C47H36N2/c1-46(2,3)49-44-24-14-10-20-38(44)39-29-32(26-28-45(39)49)48(31-15-5-4-6-16-31)33-25-27-37-36-19-9-13-23-42(36)47(43(37)30-33)40-21-11-7-17-34(40)35-18-8-12-22-41(35)47/h4-30H,1-3H3. The summed E-state index contributed by atoms with van der Waals surface area (Å²) in [5.41, 5.74) is 16.2. The molecule has 0 saturated carbocycles. The van der Waals surface area contributed by atoms with Crippen LogP contribution >= 0.6 is 0 Å². The summed E-state index contributed by atoms with van der Waals surface area (Å²) in [6.07, 6.45) is 0. The van der Waals surface area contributed by atoms with Crippen LogP contribution in [-0.4, -0.2) is 4.57 Å². The highest BCUT2D eigenvalue weighted by Crippen LogP contribution is 2.63.